The van der Waals surface area contributed by atoms with Gasteiger partial charge in [0, 0.05) is 0 Å². The van der Waals surface area contributed by atoms with E-state index in [2.05, 4.69) is 4.74 Å². The van der Waals surface area contributed by atoms with E-state index in [4.69, 9.17) is 0 Å². The molecule has 0 bridgehead atoms. The van der Waals surface area contributed by atoms with Crippen molar-refractivity contribution in [2.75, 3.05) is 6.61 Å². The molecule has 0 aromatic rings. The van der Waals surface area contributed by atoms with Crippen molar-refractivity contribution in [3.05, 3.63) is 0 Å². The van der Waals surface area contributed by atoms with Crippen molar-refractivity contribution in [2.24, 2.45) is 0 Å². The molecule has 0 aliphatic heterocycles. The van der Waals surface area contributed by atoms with Crippen LogP contribution in [0.3, 0.4) is 0 Å². The van der Waals surface area contributed by atoms with E-state index in [9.17, 15) is 35.5 Å². The smallest absolute Gasteiger partial charge is 0.460 e. The van der Waals surface area contributed by atoms with Crippen LogP contribution in [0.5, 0.6) is 0 Å². The average molecular weight is 270 g/mol. The Kier molecular flexibility index (Phi) is 4.79. The molecular formula is C8H9F7O2. The molecule has 102 valence electrons. The van der Waals surface area contributed by atoms with E-state index >= 15 is 0 Å². The van der Waals surface area contributed by atoms with Crippen molar-refractivity contribution < 1.29 is 40.3 Å². The first-order valence-electron chi connectivity index (χ1n) is 4.48. The minimum atomic E-state index is -6.53. The molecule has 9 heteroatoms. The highest BCUT2D eigenvalue weighted by Crippen LogP contribution is 2.46. The quantitative estimate of drug-likeness (QED) is 0.436. The van der Waals surface area contributed by atoms with Crippen LogP contribution >= 0.6 is 0 Å². The first-order valence-corrected chi connectivity index (χ1v) is 4.48. The number of alkyl halides is 7. The average Bonchev–Trinajstić information content (AvgIpc) is 2.15. The number of hydrogen-bond donors (Lipinski definition) is 0. The molecule has 17 heavy (non-hydrogen) atoms. The minimum Gasteiger partial charge on any atom is -0.461 e. The molecule has 0 saturated carbocycles. The first-order chi connectivity index (χ1) is 7.48. The third-order valence-electron chi connectivity index (χ3n) is 1.74. The zero-order valence-corrected chi connectivity index (χ0v) is 8.58. The van der Waals surface area contributed by atoms with Crippen LogP contribution in [-0.2, 0) is 9.53 Å². The second kappa shape index (κ2) is 5.09. The third-order valence-corrected chi connectivity index (χ3v) is 1.74. The Balaban J connectivity index is 4.82. The minimum absolute atomic E-state index is 0.0827. The molecule has 2 nitrogen and oxygen atoms in total. The Morgan fingerprint density at radius 1 is 1.06 bits per heavy atom. The lowest BCUT2D eigenvalue weighted by Crippen LogP contribution is -2.56. The zero-order valence-electron chi connectivity index (χ0n) is 8.58. The number of unbranched alkanes of at least 4 members (excludes halogenated alkanes) is 1. The van der Waals surface area contributed by atoms with Gasteiger partial charge < -0.3 is 4.74 Å². The van der Waals surface area contributed by atoms with E-state index in [0.717, 1.165) is 0 Å². The van der Waals surface area contributed by atoms with E-state index in [-0.39, 0.29) is 6.42 Å². The molecule has 0 unspecified atom stereocenters. The number of ether oxygens (including phenoxy) is 1. The standard InChI is InChI=1S/C8H9F7O2/c1-2-3-4-17-5(16)6(9,10)7(11,12)8(13,14)15/h2-4H2,1H3. The van der Waals surface area contributed by atoms with Crippen molar-refractivity contribution in [1.29, 1.82) is 0 Å². The molecule has 0 fully saturated rings. The van der Waals surface area contributed by atoms with Crippen molar-refractivity contribution in [3.63, 3.8) is 0 Å². The van der Waals surface area contributed by atoms with E-state index in [1.54, 1.807) is 6.92 Å². The lowest BCUT2D eigenvalue weighted by Gasteiger charge is -2.26. The van der Waals surface area contributed by atoms with Gasteiger partial charge in [-0.1, -0.05) is 13.3 Å². The van der Waals surface area contributed by atoms with Crippen LogP contribution in [0.25, 0.3) is 0 Å². The second-order valence-corrected chi connectivity index (χ2v) is 3.14. The Hall–Kier alpha value is -1.02. The molecule has 0 heterocycles. The van der Waals surface area contributed by atoms with Crippen molar-refractivity contribution in [2.45, 2.75) is 37.8 Å². The molecule has 0 rings (SSSR count). The predicted molar refractivity (Wildman–Crippen MR) is 41.8 cm³/mol. The van der Waals surface area contributed by atoms with Gasteiger partial charge in [0.25, 0.3) is 0 Å². The summed E-state index contributed by atoms with van der Waals surface area (Å²) in [6, 6.07) is 0. The summed E-state index contributed by atoms with van der Waals surface area (Å²) in [5.74, 6) is -15.3. The Morgan fingerprint density at radius 3 is 1.88 bits per heavy atom. The fourth-order valence-electron chi connectivity index (χ4n) is 0.706. The van der Waals surface area contributed by atoms with E-state index < -0.39 is 30.6 Å². The topological polar surface area (TPSA) is 26.3 Å². The molecule has 0 N–H and O–H groups in total. The Morgan fingerprint density at radius 2 is 1.53 bits per heavy atom. The maximum absolute atomic E-state index is 12.6. The highest BCUT2D eigenvalue weighted by Gasteiger charge is 2.77. The summed E-state index contributed by atoms with van der Waals surface area (Å²) in [5, 5.41) is 0. The summed E-state index contributed by atoms with van der Waals surface area (Å²) in [7, 11) is 0. The zero-order chi connectivity index (χ0) is 13.9. The molecule has 0 amide bonds. The SMILES string of the molecule is CCCCOC(=O)C(F)(F)C(F)(F)C(F)(F)F. The van der Waals surface area contributed by atoms with Gasteiger partial charge in [-0.05, 0) is 6.42 Å². The lowest BCUT2D eigenvalue weighted by molar-refractivity contribution is -0.348. The number of rotatable bonds is 5. The van der Waals surface area contributed by atoms with Gasteiger partial charge >= 0.3 is 24.0 Å². The van der Waals surface area contributed by atoms with Crippen LogP contribution < -0.4 is 0 Å². The van der Waals surface area contributed by atoms with Gasteiger partial charge in [0.2, 0.25) is 0 Å². The first kappa shape index (κ1) is 16.0. The molecule has 0 aromatic heterocycles. The fourth-order valence-corrected chi connectivity index (χ4v) is 0.706. The van der Waals surface area contributed by atoms with Gasteiger partial charge in [-0.3, -0.25) is 0 Å². The number of halogens is 7. The van der Waals surface area contributed by atoms with Gasteiger partial charge in [-0.2, -0.15) is 30.7 Å². The number of carbonyl (C=O) groups is 1. The predicted octanol–water partition coefficient (Wildman–Crippen LogP) is 3.16. The summed E-state index contributed by atoms with van der Waals surface area (Å²) in [6.07, 6.45) is -6.05. The van der Waals surface area contributed by atoms with Crippen molar-refractivity contribution in [3.8, 4) is 0 Å². The number of esters is 1. The molecule has 0 radical (unpaired) electrons. The summed E-state index contributed by atoms with van der Waals surface area (Å²) in [5.41, 5.74) is 0. The van der Waals surface area contributed by atoms with Gasteiger partial charge in [-0.15, -0.1) is 0 Å². The molecule has 0 saturated heterocycles. The maximum Gasteiger partial charge on any atom is 0.460 e. The summed E-state index contributed by atoms with van der Waals surface area (Å²) in [6.45, 7) is 0.940. The molecule has 0 spiro atoms. The van der Waals surface area contributed by atoms with Crippen LogP contribution in [0.4, 0.5) is 30.7 Å². The van der Waals surface area contributed by atoms with Gasteiger partial charge in [-0.25, -0.2) is 4.79 Å². The Labute approximate surface area is 91.7 Å². The van der Waals surface area contributed by atoms with Crippen LogP contribution in [0.1, 0.15) is 19.8 Å². The molecule has 0 aliphatic rings. The maximum atomic E-state index is 12.6. The normalized spacial score (nSPS) is 13.6. The number of carbonyl (C=O) groups excluding carboxylic acids is 1. The van der Waals surface area contributed by atoms with E-state index in [0.29, 0.717) is 6.42 Å². The highest BCUT2D eigenvalue weighted by atomic mass is 19.4. The van der Waals surface area contributed by atoms with E-state index in [1.807, 2.05) is 0 Å². The van der Waals surface area contributed by atoms with Crippen molar-refractivity contribution >= 4 is 5.97 Å². The molecule has 0 aromatic carbocycles. The summed E-state index contributed by atoms with van der Waals surface area (Å²) < 4.78 is 88.3. The van der Waals surface area contributed by atoms with Crippen LogP contribution in [0.15, 0.2) is 0 Å². The fraction of sp³-hybridized carbons (Fsp3) is 0.875. The third kappa shape index (κ3) is 3.22. The number of hydrogen-bond acceptors (Lipinski definition) is 2. The largest absolute Gasteiger partial charge is 0.461 e. The highest BCUT2D eigenvalue weighted by molar-refractivity contribution is 5.79. The van der Waals surface area contributed by atoms with Crippen LogP contribution in [0, 0.1) is 0 Å². The molecule has 0 atom stereocenters. The molecule has 0 aliphatic carbocycles. The summed E-state index contributed by atoms with van der Waals surface area (Å²) >= 11 is 0. The monoisotopic (exact) mass is 270 g/mol. The Bertz CT molecular complexity index is 272. The van der Waals surface area contributed by atoms with Crippen LogP contribution in [-0.4, -0.2) is 30.6 Å². The van der Waals surface area contributed by atoms with Gasteiger partial charge in [0.05, 0.1) is 6.61 Å². The second-order valence-electron chi connectivity index (χ2n) is 3.14. The van der Waals surface area contributed by atoms with Crippen LogP contribution in [0.2, 0.25) is 0 Å². The lowest BCUT2D eigenvalue weighted by atomic mass is 10.1. The molecular weight excluding hydrogens is 261 g/mol. The van der Waals surface area contributed by atoms with E-state index in [1.165, 1.54) is 0 Å². The van der Waals surface area contributed by atoms with Crippen molar-refractivity contribution in [1.82, 2.24) is 0 Å². The summed E-state index contributed by atoms with van der Waals surface area (Å²) in [4.78, 5) is 10.5. The van der Waals surface area contributed by atoms with Gasteiger partial charge in [0.15, 0.2) is 0 Å². The van der Waals surface area contributed by atoms with Gasteiger partial charge in [0.1, 0.15) is 0 Å².